The molecule has 1 amide bonds. The normalized spacial score (nSPS) is 23.8. The van der Waals surface area contributed by atoms with Crippen molar-refractivity contribution in [3.8, 4) is 0 Å². The lowest BCUT2D eigenvalue weighted by molar-refractivity contribution is -0.135. The van der Waals surface area contributed by atoms with Crippen LogP contribution in [0.25, 0.3) is 10.8 Å². The average Bonchev–Trinajstić information content (AvgIpc) is 2.65. The molecule has 3 nitrogen and oxygen atoms in total. The molecule has 1 aliphatic carbocycles. The second-order valence-corrected chi connectivity index (χ2v) is 7.22. The Morgan fingerprint density at radius 1 is 1.00 bits per heavy atom. The second-order valence-electron chi connectivity index (χ2n) is 7.22. The molecule has 24 heavy (non-hydrogen) atoms. The van der Waals surface area contributed by atoms with Gasteiger partial charge in [0.15, 0.2) is 0 Å². The summed E-state index contributed by atoms with van der Waals surface area (Å²) < 4.78 is 0. The smallest absolute Gasteiger partial charge is 0.242 e. The minimum Gasteiger partial charge on any atom is -0.376 e. The summed E-state index contributed by atoms with van der Waals surface area (Å²) in [5.74, 6) is 1.01. The molecule has 2 atom stereocenters. The van der Waals surface area contributed by atoms with Crippen molar-refractivity contribution < 1.29 is 4.79 Å². The Kier molecular flexibility index (Phi) is 4.42. The number of nitrogens with zero attached hydrogens (tertiary/aromatic N) is 1. The molecule has 2 aliphatic rings. The van der Waals surface area contributed by atoms with Gasteiger partial charge in [-0.25, -0.2) is 0 Å². The number of carbonyl (C=O) groups excluding carboxylic acids is 1. The molecule has 4 rings (SSSR count). The Hall–Kier alpha value is -2.03. The number of nitrogens with one attached hydrogen (secondary N) is 1. The minimum absolute atomic E-state index is 0.263. The number of likely N-dealkylation sites (tertiary alicyclic amines) is 1. The van der Waals surface area contributed by atoms with Gasteiger partial charge in [0.25, 0.3) is 0 Å². The lowest BCUT2D eigenvalue weighted by Crippen LogP contribution is -2.51. The van der Waals surface area contributed by atoms with Crippen molar-refractivity contribution in [1.82, 2.24) is 4.90 Å². The number of carbonyl (C=O) groups is 1. The van der Waals surface area contributed by atoms with E-state index in [9.17, 15) is 4.79 Å². The predicted molar refractivity (Wildman–Crippen MR) is 99.1 cm³/mol. The predicted octanol–water partition coefficient (Wildman–Crippen LogP) is 4.43. The van der Waals surface area contributed by atoms with E-state index in [4.69, 9.17) is 0 Å². The van der Waals surface area contributed by atoms with Crippen LogP contribution in [0.5, 0.6) is 0 Å². The van der Waals surface area contributed by atoms with Gasteiger partial charge in [-0.3, -0.25) is 4.79 Å². The molecule has 2 aromatic carbocycles. The van der Waals surface area contributed by atoms with Crippen LogP contribution in [0.15, 0.2) is 42.5 Å². The van der Waals surface area contributed by atoms with Crippen LogP contribution in [0.3, 0.4) is 0 Å². The van der Waals surface area contributed by atoms with Crippen LogP contribution in [-0.4, -0.2) is 29.9 Å². The highest BCUT2D eigenvalue weighted by molar-refractivity contribution is 5.95. The van der Waals surface area contributed by atoms with Crippen LogP contribution >= 0.6 is 0 Å². The monoisotopic (exact) mass is 322 g/mol. The molecule has 1 aliphatic heterocycles. The van der Waals surface area contributed by atoms with Gasteiger partial charge >= 0.3 is 0 Å². The van der Waals surface area contributed by atoms with E-state index in [1.54, 1.807) is 0 Å². The van der Waals surface area contributed by atoms with E-state index >= 15 is 0 Å². The summed E-state index contributed by atoms with van der Waals surface area (Å²) in [5, 5.41) is 5.78. The van der Waals surface area contributed by atoms with Crippen molar-refractivity contribution in [2.45, 2.75) is 44.6 Å². The molecular formula is C21H26N2O. The first-order valence-electron chi connectivity index (χ1n) is 9.34. The first kappa shape index (κ1) is 15.5. The maximum absolute atomic E-state index is 12.8. The van der Waals surface area contributed by atoms with Crippen molar-refractivity contribution in [3.63, 3.8) is 0 Å². The Bertz CT molecular complexity index is 719. The number of amides is 1. The minimum atomic E-state index is 0.263. The molecule has 0 spiro atoms. The van der Waals surface area contributed by atoms with Gasteiger partial charge in [0.05, 0.1) is 6.54 Å². The summed E-state index contributed by atoms with van der Waals surface area (Å²) in [7, 11) is 0. The molecule has 126 valence electrons. The van der Waals surface area contributed by atoms with Gasteiger partial charge in [-0.15, -0.1) is 0 Å². The summed E-state index contributed by atoms with van der Waals surface area (Å²) >= 11 is 0. The Morgan fingerprint density at radius 2 is 1.79 bits per heavy atom. The fourth-order valence-corrected chi connectivity index (χ4v) is 4.59. The molecule has 1 saturated heterocycles. The van der Waals surface area contributed by atoms with Crippen molar-refractivity contribution >= 4 is 22.4 Å². The zero-order chi connectivity index (χ0) is 16.4. The molecule has 0 radical (unpaired) electrons. The fraction of sp³-hybridized carbons (Fsp3) is 0.476. The Morgan fingerprint density at radius 3 is 2.75 bits per heavy atom. The van der Waals surface area contributed by atoms with Crippen molar-refractivity contribution in [2.24, 2.45) is 5.92 Å². The highest BCUT2D eigenvalue weighted by atomic mass is 16.2. The summed E-state index contributed by atoms with van der Waals surface area (Å²) in [6.07, 6.45) is 7.61. The van der Waals surface area contributed by atoms with Gasteiger partial charge in [-0.2, -0.15) is 0 Å². The van der Waals surface area contributed by atoms with Crippen LogP contribution in [0, 0.1) is 5.92 Å². The third kappa shape index (κ3) is 3.00. The maximum Gasteiger partial charge on any atom is 0.242 e. The van der Waals surface area contributed by atoms with Crippen molar-refractivity contribution in [3.05, 3.63) is 42.5 Å². The second kappa shape index (κ2) is 6.84. The van der Waals surface area contributed by atoms with E-state index in [-0.39, 0.29) is 5.91 Å². The molecule has 1 saturated carbocycles. The zero-order valence-corrected chi connectivity index (χ0v) is 14.2. The van der Waals surface area contributed by atoms with Gasteiger partial charge < -0.3 is 10.2 Å². The number of anilines is 1. The topological polar surface area (TPSA) is 32.3 Å². The van der Waals surface area contributed by atoms with E-state index in [0.717, 1.165) is 18.2 Å². The molecule has 2 fully saturated rings. The average molecular weight is 322 g/mol. The first-order chi connectivity index (χ1) is 11.8. The Labute approximate surface area is 144 Å². The van der Waals surface area contributed by atoms with E-state index in [0.29, 0.717) is 12.6 Å². The third-order valence-corrected chi connectivity index (χ3v) is 5.78. The number of piperidine rings is 1. The molecule has 0 unspecified atom stereocenters. The SMILES string of the molecule is O=C(CNc1cccc2ccccc12)N1CCC[C@@H]2CCCC[C@@H]21. The van der Waals surface area contributed by atoms with E-state index < -0.39 is 0 Å². The lowest BCUT2D eigenvalue weighted by atomic mass is 9.78. The van der Waals surface area contributed by atoms with Crippen LogP contribution < -0.4 is 5.32 Å². The van der Waals surface area contributed by atoms with Crippen LogP contribution in [0.4, 0.5) is 5.69 Å². The highest BCUT2D eigenvalue weighted by Crippen LogP contribution is 2.35. The zero-order valence-electron chi connectivity index (χ0n) is 14.2. The van der Waals surface area contributed by atoms with E-state index in [2.05, 4.69) is 34.5 Å². The first-order valence-corrected chi connectivity index (χ1v) is 9.34. The van der Waals surface area contributed by atoms with Gasteiger partial charge in [0, 0.05) is 23.7 Å². The van der Waals surface area contributed by atoms with Crippen LogP contribution in [0.2, 0.25) is 0 Å². The summed E-state index contributed by atoms with van der Waals surface area (Å²) in [4.78, 5) is 15.0. The number of hydrogen-bond donors (Lipinski definition) is 1. The van der Waals surface area contributed by atoms with Gasteiger partial charge in [0.2, 0.25) is 5.91 Å². The molecule has 0 aromatic heterocycles. The van der Waals surface area contributed by atoms with E-state index in [1.807, 2.05) is 18.2 Å². The fourth-order valence-electron chi connectivity index (χ4n) is 4.59. The molecule has 0 bridgehead atoms. The largest absolute Gasteiger partial charge is 0.376 e. The standard InChI is InChI=1S/C21H26N2O/c24-21(23-14-6-10-17-8-2-4-13-20(17)23)15-22-19-12-5-9-16-7-1-3-11-18(16)19/h1,3,5,7,9,11-12,17,20,22H,2,4,6,8,10,13-15H2/t17-,20-/m0/s1. The van der Waals surface area contributed by atoms with Crippen molar-refractivity contribution in [2.75, 3.05) is 18.4 Å². The van der Waals surface area contributed by atoms with Crippen molar-refractivity contribution in [1.29, 1.82) is 0 Å². The van der Waals surface area contributed by atoms with Gasteiger partial charge in [-0.05, 0) is 43.1 Å². The van der Waals surface area contributed by atoms with Crippen LogP contribution in [-0.2, 0) is 4.79 Å². The molecule has 3 heteroatoms. The number of benzene rings is 2. The van der Waals surface area contributed by atoms with Gasteiger partial charge in [-0.1, -0.05) is 49.2 Å². The quantitative estimate of drug-likeness (QED) is 0.906. The number of hydrogen-bond acceptors (Lipinski definition) is 2. The number of rotatable bonds is 3. The van der Waals surface area contributed by atoms with E-state index in [1.165, 1.54) is 49.3 Å². The summed E-state index contributed by atoms with van der Waals surface area (Å²) in [6, 6.07) is 15.0. The summed E-state index contributed by atoms with van der Waals surface area (Å²) in [6.45, 7) is 1.34. The number of fused-ring (bicyclic) bond motifs is 2. The van der Waals surface area contributed by atoms with Gasteiger partial charge in [0.1, 0.15) is 0 Å². The summed E-state index contributed by atoms with van der Waals surface area (Å²) in [5.41, 5.74) is 1.05. The molecule has 1 N–H and O–H groups in total. The maximum atomic E-state index is 12.8. The highest BCUT2D eigenvalue weighted by Gasteiger charge is 2.35. The Balaban J connectivity index is 1.46. The third-order valence-electron chi connectivity index (χ3n) is 5.78. The lowest BCUT2D eigenvalue weighted by Gasteiger charge is -2.44. The molecule has 2 aromatic rings. The van der Waals surface area contributed by atoms with Crippen LogP contribution in [0.1, 0.15) is 38.5 Å². The molecular weight excluding hydrogens is 296 g/mol. The molecule has 1 heterocycles.